The molecule has 0 radical (unpaired) electrons. The molecule has 0 saturated heterocycles. The molecule has 14 heavy (non-hydrogen) atoms. The average molecular weight is 323 g/mol. The summed E-state index contributed by atoms with van der Waals surface area (Å²) in [5.41, 5.74) is 1.27. The molecular weight excluding hydrogens is 309 g/mol. The molecule has 0 spiro atoms. The van der Waals surface area contributed by atoms with Gasteiger partial charge in [0.25, 0.3) is 0 Å². The van der Waals surface area contributed by atoms with Crippen LogP contribution in [0.25, 0.3) is 0 Å². The highest BCUT2D eigenvalue weighted by Crippen LogP contribution is 2.06. The third kappa shape index (κ3) is 5.07. The Labute approximate surface area is 101 Å². The number of hydrogen-bond donors (Lipinski definition) is 1. The lowest BCUT2D eigenvalue weighted by molar-refractivity contribution is 0.676. The fourth-order valence-electron chi connectivity index (χ4n) is 1.05. The van der Waals surface area contributed by atoms with Crippen LogP contribution < -0.4 is 5.32 Å². The van der Waals surface area contributed by atoms with Gasteiger partial charge in [0.05, 0.1) is 0 Å². The smallest absolute Gasteiger partial charge is 0.0357 e. The van der Waals surface area contributed by atoms with E-state index in [1.807, 2.05) is 0 Å². The molecule has 1 aromatic carbocycles. The molecule has 0 aliphatic heterocycles. The van der Waals surface area contributed by atoms with Crippen LogP contribution in [-0.4, -0.2) is 22.8 Å². The lowest BCUT2D eigenvalue weighted by atomic mass is 10.2. The molecule has 1 atom stereocenters. The number of hydrogen-bond acceptors (Lipinski definition) is 2. The van der Waals surface area contributed by atoms with E-state index < -0.39 is 10.8 Å². The van der Waals surface area contributed by atoms with E-state index in [9.17, 15) is 4.21 Å². The fraction of sp³-hybridized carbons (Fsp3) is 0.400. The summed E-state index contributed by atoms with van der Waals surface area (Å²) in [5.74, 6) is 0.727. The van der Waals surface area contributed by atoms with E-state index >= 15 is 0 Å². The molecule has 1 aromatic rings. The molecule has 1 N–H and O–H groups in total. The number of halogens is 1. The Bertz CT molecular complexity index is 299. The molecule has 1 rings (SSSR count). The summed E-state index contributed by atoms with van der Waals surface area (Å²) in [4.78, 5) is 0. The largest absolute Gasteiger partial charge is 0.312 e. The van der Waals surface area contributed by atoms with Gasteiger partial charge in [-0.05, 0) is 40.3 Å². The Balaban J connectivity index is 2.25. The van der Waals surface area contributed by atoms with Crippen molar-refractivity contribution in [2.45, 2.75) is 6.54 Å². The Hall–Kier alpha value is 0.0600. The summed E-state index contributed by atoms with van der Waals surface area (Å²) in [7, 11) is -0.691. The minimum atomic E-state index is -0.691. The third-order valence-corrected chi connectivity index (χ3v) is 3.31. The highest BCUT2D eigenvalue weighted by atomic mass is 127. The minimum absolute atomic E-state index is 0.691. The summed E-state index contributed by atoms with van der Waals surface area (Å²) < 4.78 is 12.0. The third-order valence-electron chi connectivity index (χ3n) is 1.81. The summed E-state index contributed by atoms with van der Waals surface area (Å²) in [6, 6.07) is 8.40. The van der Waals surface area contributed by atoms with Crippen molar-refractivity contribution in [3.05, 3.63) is 33.4 Å². The van der Waals surface area contributed by atoms with E-state index in [1.165, 1.54) is 9.13 Å². The molecule has 0 amide bonds. The van der Waals surface area contributed by atoms with Gasteiger partial charge in [-0.1, -0.05) is 12.1 Å². The second-order valence-electron chi connectivity index (χ2n) is 3.08. The molecule has 0 bridgehead atoms. The van der Waals surface area contributed by atoms with Crippen molar-refractivity contribution in [1.29, 1.82) is 0 Å². The molecule has 4 heteroatoms. The normalized spacial score (nSPS) is 12.7. The van der Waals surface area contributed by atoms with Crippen LogP contribution in [0.5, 0.6) is 0 Å². The van der Waals surface area contributed by atoms with Gasteiger partial charge in [0.15, 0.2) is 0 Å². The van der Waals surface area contributed by atoms with Crippen molar-refractivity contribution in [2.24, 2.45) is 0 Å². The quantitative estimate of drug-likeness (QED) is 0.661. The van der Waals surface area contributed by atoms with E-state index in [2.05, 4.69) is 52.2 Å². The SMILES string of the molecule is CS(=O)CCNCc1ccc(I)cc1. The van der Waals surface area contributed by atoms with Crippen LogP contribution in [-0.2, 0) is 17.3 Å². The highest BCUT2D eigenvalue weighted by molar-refractivity contribution is 14.1. The molecule has 0 heterocycles. The minimum Gasteiger partial charge on any atom is -0.312 e. The average Bonchev–Trinajstić information content (AvgIpc) is 2.15. The Morgan fingerprint density at radius 2 is 2.00 bits per heavy atom. The van der Waals surface area contributed by atoms with Gasteiger partial charge < -0.3 is 5.32 Å². The van der Waals surface area contributed by atoms with Gasteiger partial charge in [0, 0.05) is 39.5 Å². The first-order chi connectivity index (χ1) is 6.68. The van der Waals surface area contributed by atoms with E-state index in [-0.39, 0.29) is 0 Å². The van der Waals surface area contributed by atoms with Crippen molar-refractivity contribution in [3.63, 3.8) is 0 Å². The first-order valence-electron chi connectivity index (χ1n) is 4.43. The summed E-state index contributed by atoms with van der Waals surface area (Å²) in [6.45, 7) is 1.67. The maximum Gasteiger partial charge on any atom is 0.0357 e. The lowest BCUT2D eigenvalue weighted by Gasteiger charge is -2.03. The maximum atomic E-state index is 10.8. The van der Waals surface area contributed by atoms with Crippen LogP contribution in [0.2, 0.25) is 0 Å². The second kappa shape index (κ2) is 6.53. The predicted octanol–water partition coefficient (Wildman–Crippen LogP) is 1.76. The summed E-state index contributed by atoms with van der Waals surface area (Å²) in [5, 5.41) is 3.26. The van der Waals surface area contributed by atoms with Crippen LogP contribution in [0.15, 0.2) is 24.3 Å². The summed E-state index contributed by atoms with van der Waals surface area (Å²) in [6.07, 6.45) is 1.73. The zero-order valence-corrected chi connectivity index (χ0v) is 11.1. The Kier molecular flexibility index (Phi) is 5.66. The molecule has 0 saturated carbocycles. The first kappa shape index (κ1) is 12.1. The van der Waals surface area contributed by atoms with Gasteiger partial charge in [0.2, 0.25) is 0 Å². The molecule has 0 fully saturated rings. The van der Waals surface area contributed by atoms with Gasteiger partial charge >= 0.3 is 0 Å². The van der Waals surface area contributed by atoms with Crippen molar-refractivity contribution >= 4 is 33.4 Å². The van der Waals surface area contributed by atoms with Crippen LogP contribution in [0.4, 0.5) is 0 Å². The molecule has 0 aromatic heterocycles. The van der Waals surface area contributed by atoms with Gasteiger partial charge in [-0.3, -0.25) is 4.21 Å². The number of benzene rings is 1. The first-order valence-corrected chi connectivity index (χ1v) is 7.24. The van der Waals surface area contributed by atoms with Crippen LogP contribution >= 0.6 is 22.6 Å². The fourth-order valence-corrected chi connectivity index (χ4v) is 1.84. The zero-order chi connectivity index (χ0) is 10.4. The standard InChI is InChI=1S/C10H14INOS/c1-14(13)7-6-12-8-9-2-4-10(11)5-3-9/h2-5,12H,6-8H2,1H3. The van der Waals surface area contributed by atoms with E-state index in [0.717, 1.165) is 18.8 Å². The van der Waals surface area contributed by atoms with Crippen molar-refractivity contribution in [2.75, 3.05) is 18.6 Å². The van der Waals surface area contributed by atoms with Gasteiger partial charge in [-0.25, -0.2) is 0 Å². The Morgan fingerprint density at radius 3 is 2.57 bits per heavy atom. The van der Waals surface area contributed by atoms with Gasteiger partial charge in [-0.15, -0.1) is 0 Å². The molecule has 1 unspecified atom stereocenters. The number of rotatable bonds is 5. The molecule has 2 nitrogen and oxygen atoms in total. The van der Waals surface area contributed by atoms with E-state index in [4.69, 9.17) is 0 Å². The van der Waals surface area contributed by atoms with E-state index in [1.54, 1.807) is 6.26 Å². The monoisotopic (exact) mass is 323 g/mol. The van der Waals surface area contributed by atoms with Gasteiger partial charge in [-0.2, -0.15) is 0 Å². The van der Waals surface area contributed by atoms with Crippen molar-refractivity contribution < 1.29 is 4.21 Å². The molecular formula is C10H14INOS. The molecule has 78 valence electrons. The summed E-state index contributed by atoms with van der Waals surface area (Å²) >= 11 is 2.29. The lowest BCUT2D eigenvalue weighted by Crippen LogP contribution is -2.19. The van der Waals surface area contributed by atoms with Crippen LogP contribution in [0, 0.1) is 3.57 Å². The van der Waals surface area contributed by atoms with Crippen LogP contribution in [0.1, 0.15) is 5.56 Å². The second-order valence-corrected chi connectivity index (χ2v) is 5.88. The van der Waals surface area contributed by atoms with Gasteiger partial charge in [0.1, 0.15) is 0 Å². The highest BCUT2D eigenvalue weighted by Gasteiger charge is 1.93. The predicted molar refractivity (Wildman–Crippen MR) is 69.8 cm³/mol. The van der Waals surface area contributed by atoms with Crippen molar-refractivity contribution in [3.8, 4) is 0 Å². The molecule has 0 aliphatic rings. The van der Waals surface area contributed by atoms with Crippen LogP contribution in [0.3, 0.4) is 0 Å². The van der Waals surface area contributed by atoms with Crippen molar-refractivity contribution in [1.82, 2.24) is 5.32 Å². The Morgan fingerprint density at radius 1 is 1.36 bits per heavy atom. The zero-order valence-electron chi connectivity index (χ0n) is 8.13. The molecule has 0 aliphatic carbocycles. The number of nitrogens with one attached hydrogen (secondary N) is 1. The maximum absolute atomic E-state index is 10.8. The van der Waals surface area contributed by atoms with E-state index in [0.29, 0.717) is 0 Å². The topological polar surface area (TPSA) is 29.1 Å².